The van der Waals surface area contributed by atoms with Crippen molar-refractivity contribution in [2.24, 2.45) is 0 Å². The fraction of sp³-hybridized carbons (Fsp3) is 0.222. The molecule has 2 aromatic carbocycles. The molecule has 0 bridgehead atoms. The Labute approximate surface area is 135 Å². The minimum atomic E-state index is 0.698. The highest BCUT2D eigenvalue weighted by Crippen LogP contribution is 2.23. The number of aromatic nitrogens is 2. The molecule has 0 aliphatic heterocycles. The van der Waals surface area contributed by atoms with E-state index in [1.807, 2.05) is 24.3 Å². The molecule has 1 aromatic heterocycles. The lowest BCUT2D eigenvalue weighted by Crippen LogP contribution is -2.08. The first-order chi connectivity index (χ1) is 10.8. The Hall–Kier alpha value is -2.13. The Morgan fingerprint density at radius 1 is 1.05 bits per heavy atom. The van der Waals surface area contributed by atoms with Crippen molar-refractivity contribution in [3.05, 3.63) is 64.9 Å². The van der Waals surface area contributed by atoms with E-state index in [1.54, 1.807) is 0 Å². The third-order valence-corrected chi connectivity index (χ3v) is 3.81. The predicted octanol–water partition coefficient (Wildman–Crippen LogP) is 4.50. The first kappa shape index (κ1) is 14.8. The molecular weight excluding hydrogens is 294 g/mol. The summed E-state index contributed by atoms with van der Waals surface area (Å²) in [7, 11) is 0. The number of hydrogen-bond donors (Lipinski definition) is 1. The average molecular weight is 312 g/mol. The zero-order chi connectivity index (χ0) is 15.4. The SMILES string of the molecule is CCc1nc(NCCc2ccccc2)c2ccc(Cl)cc2n1. The van der Waals surface area contributed by atoms with Crippen molar-refractivity contribution >= 4 is 28.3 Å². The van der Waals surface area contributed by atoms with E-state index in [1.165, 1.54) is 5.56 Å². The van der Waals surface area contributed by atoms with Gasteiger partial charge in [0.1, 0.15) is 11.6 Å². The van der Waals surface area contributed by atoms with Crippen molar-refractivity contribution in [1.29, 1.82) is 0 Å². The Bertz CT molecular complexity index is 772. The zero-order valence-electron chi connectivity index (χ0n) is 12.5. The topological polar surface area (TPSA) is 37.8 Å². The van der Waals surface area contributed by atoms with Crippen LogP contribution in [-0.4, -0.2) is 16.5 Å². The Morgan fingerprint density at radius 2 is 1.86 bits per heavy atom. The first-order valence-electron chi connectivity index (χ1n) is 7.50. The van der Waals surface area contributed by atoms with Gasteiger partial charge in [-0.3, -0.25) is 0 Å². The maximum Gasteiger partial charge on any atom is 0.137 e. The summed E-state index contributed by atoms with van der Waals surface area (Å²) in [5, 5.41) is 5.14. The second-order valence-corrected chi connectivity index (χ2v) is 5.60. The van der Waals surface area contributed by atoms with E-state index in [0.717, 1.165) is 41.9 Å². The second kappa shape index (κ2) is 6.75. The summed E-state index contributed by atoms with van der Waals surface area (Å²) in [5.41, 5.74) is 2.20. The second-order valence-electron chi connectivity index (χ2n) is 5.17. The van der Waals surface area contributed by atoms with Crippen LogP contribution >= 0.6 is 11.6 Å². The maximum absolute atomic E-state index is 6.07. The summed E-state index contributed by atoms with van der Waals surface area (Å²) in [6, 6.07) is 16.2. The summed E-state index contributed by atoms with van der Waals surface area (Å²) in [5.74, 6) is 1.71. The van der Waals surface area contributed by atoms with Crippen molar-refractivity contribution in [2.45, 2.75) is 19.8 Å². The number of benzene rings is 2. The Balaban J connectivity index is 1.83. The molecule has 4 heteroatoms. The van der Waals surface area contributed by atoms with Crippen molar-refractivity contribution in [2.75, 3.05) is 11.9 Å². The third kappa shape index (κ3) is 3.37. The first-order valence-corrected chi connectivity index (χ1v) is 7.88. The minimum absolute atomic E-state index is 0.698. The molecule has 3 rings (SSSR count). The van der Waals surface area contributed by atoms with Gasteiger partial charge in [-0.25, -0.2) is 9.97 Å². The van der Waals surface area contributed by atoms with Gasteiger partial charge in [0.2, 0.25) is 0 Å². The molecule has 0 fully saturated rings. The van der Waals surface area contributed by atoms with Crippen molar-refractivity contribution < 1.29 is 0 Å². The third-order valence-electron chi connectivity index (χ3n) is 3.57. The van der Waals surface area contributed by atoms with Gasteiger partial charge < -0.3 is 5.32 Å². The molecule has 0 atom stereocenters. The van der Waals surface area contributed by atoms with Crippen LogP contribution in [0.15, 0.2) is 48.5 Å². The molecule has 0 unspecified atom stereocenters. The van der Waals surface area contributed by atoms with Gasteiger partial charge >= 0.3 is 0 Å². The molecule has 112 valence electrons. The number of aryl methyl sites for hydroxylation is 1. The van der Waals surface area contributed by atoms with E-state index in [9.17, 15) is 0 Å². The van der Waals surface area contributed by atoms with Crippen molar-refractivity contribution in [3.63, 3.8) is 0 Å². The number of rotatable bonds is 5. The molecule has 3 aromatic rings. The molecule has 0 aliphatic rings. The largest absolute Gasteiger partial charge is 0.369 e. The lowest BCUT2D eigenvalue weighted by atomic mass is 10.1. The minimum Gasteiger partial charge on any atom is -0.369 e. The van der Waals surface area contributed by atoms with Crippen LogP contribution in [0.2, 0.25) is 5.02 Å². The molecule has 0 saturated heterocycles. The lowest BCUT2D eigenvalue weighted by Gasteiger charge is -2.10. The summed E-state index contributed by atoms with van der Waals surface area (Å²) >= 11 is 6.07. The molecule has 1 N–H and O–H groups in total. The normalized spacial score (nSPS) is 10.8. The van der Waals surface area contributed by atoms with Crippen LogP contribution in [0.5, 0.6) is 0 Å². The van der Waals surface area contributed by atoms with E-state index in [0.29, 0.717) is 5.02 Å². The van der Waals surface area contributed by atoms with Gasteiger partial charge in [0.25, 0.3) is 0 Å². The molecule has 22 heavy (non-hydrogen) atoms. The van der Waals surface area contributed by atoms with Crippen molar-refractivity contribution in [3.8, 4) is 0 Å². The highest BCUT2D eigenvalue weighted by molar-refractivity contribution is 6.31. The van der Waals surface area contributed by atoms with Gasteiger partial charge in [-0.2, -0.15) is 0 Å². The Kier molecular flexibility index (Phi) is 4.54. The van der Waals surface area contributed by atoms with Crippen LogP contribution in [0.1, 0.15) is 18.3 Å². The number of halogens is 1. The molecule has 3 nitrogen and oxygen atoms in total. The van der Waals surface area contributed by atoms with E-state index in [2.05, 4.69) is 46.5 Å². The molecule has 0 spiro atoms. The number of hydrogen-bond acceptors (Lipinski definition) is 3. The lowest BCUT2D eigenvalue weighted by molar-refractivity contribution is 0.944. The van der Waals surface area contributed by atoms with E-state index in [4.69, 9.17) is 11.6 Å². The van der Waals surface area contributed by atoms with Gasteiger partial charge in [0.15, 0.2) is 0 Å². The van der Waals surface area contributed by atoms with Gasteiger partial charge in [-0.15, -0.1) is 0 Å². The van der Waals surface area contributed by atoms with E-state index in [-0.39, 0.29) is 0 Å². The maximum atomic E-state index is 6.07. The molecule has 1 heterocycles. The zero-order valence-corrected chi connectivity index (χ0v) is 13.3. The standard InChI is InChI=1S/C18H18ClN3/c1-2-17-21-16-12-14(19)8-9-15(16)18(22-17)20-11-10-13-6-4-3-5-7-13/h3-9,12H,2,10-11H2,1H3,(H,20,21,22). The molecule has 0 amide bonds. The Morgan fingerprint density at radius 3 is 2.64 bits per heavy atom. The van der Waals surface area contributed by atoms with Crippen LogP contribution in [0.25, 0.3) is 10.9 Å². The molecule has 0 radical (unpaired) electrons. The summed E-state index contributed by atoms with van der Waals surface area (Å²) in [6.07, 6.45) is 1.76. The highest BCUT2D eigenvalue weighted by Gasteiger charge is 2.07. The summed E-state index contributed by atoms with van der Waals surface area (Å²) in [6.45, 7) is 2.89. The van der Waals surface area contributed by atoms with Crippen LogP contribution in [0.3, 0.4) is 0 Å². The predicted molar refractivity (Wildman–Crippen MR) is 92.6 cm³/mol. The van der Waals surface area contributed by atoms with E-state index >= 15 is 0 Å². The number of nitrogens with one attached hydrogen (secondary N) is 1. The van der Waals surface area contributed by atoms with Gasteiger partial charge in [0, 0.05) is 23.4 Å². The molecule has 0 aliphatic carbocycles. The fourth-order valence-electron chi connectivity index (χ4n) is 2.41. The van der Waals surface area contributed by atoms with Gasteiger partial charge in [-0.05, 0) is 30.2 Å². The monoisotopic (exact) mass is 311 g/mol. The van der Waals surface area contributed by atoms with Gasteiger partial charge in [-0.1, -0.05) is 48.9 Å². The molecule has 0 saturated carbocycles. The summed E-state index contributed by atoms with van der Waals surface area (Å²) in [4.78, 5) is 9.16. The highest BCUT2D eigenvalue weighted by atomic mass is 35.5. The van der Waals surface area contributed by atoms with Gasteiger partial charge in [0.05, 0.1) is 5.52 Å². The van der Waals surface area contributed by atoms with Crippen molar-refractivity contribution in [1.82, 2.24) is 9.97 Å². The summed E-state index contributed by atoms with van der Waals surface area (Å²) < 4.78 is 0. The molecular formula is C18H18ClN3. The van der Waals surface area contributed by atoms with Crippen LogP contribution in [0.4, 0.5) is 5.82 Å². The number of nitrogens with zero attached hydrogens (tertiary/aromatic N) is 2. The van der Waals surface area contributed by atoms with Crippen LogP contribution < -0.4 is 5.32 Å². The fourth-order valence-corrected chi connectivity index (χ4v) is 2.58. The number of fused-ring (bicyclic) bond motifs is 1. The number of anilines is 1. The average Bonchev–Trinajstić information content (AvgIpc) is 2.55. The van der Waals surface area contributed by atoms with E-state index < -0.39 is 0 Å². The smallest absolute Gasteiger partial charge is 0.137 e. The van der Waals surface area contributed by atoms with Crippen LogP contribution in [-0.2, 0) is 12.8 Å². The quantitative estimate of drug-likeness (QED) is 0.754. The van der Waals surface area contributed by atoms with Crippen LogP contribution in [0, 0.1) is 0 Å².